The lowest BCUT2D eigenvalue weighted by atomic mass is 10.1. The number of nitrogen functional groups attached to an aromatic ring is 1. The Morgan fingerprint density at radius 3 is 2.57 bits per heavy atom. The summed E-state index contributed by atoms with van der Waals surface area (Å²) in [6.45, 7) is 0. The van der Waals surface area contributed by atoms with Gasteiger partial charge in [-0.1, -0.05) is 0 Å². The lowest BCUT2D eigenvalue weighted by molar-refractivity contribution is 0.112. The summed E-state index contributed by atoms with van der Waals surface area (Å²) in [7, 11) is 0. The average Bonchev–Trinajstić information content (AvgIpc) is 3.16. The highest BCUT2D eigenvalue weighted by molar-refractivity contribution is 5.83. The number of carbonyl (C=O) groups is 1. The van der Waals surface area contributed by atoms with E-state index >= 15 is 0 Å². The Kier molecular flexibility index (Phi) is 4.29. The molecule has 0 atom stereocenters. The Balaban J connectivity index is 1.92. The summed E-state index contributed by atoms with van der Waals surface area (Å²) in [5, 5.41) is 9.93. The fraction of sp³-hybridized carbons (Fsp3) is 0. The zero-order valence-corrected chi connectivity index (χ0v) is 14.4. The Bertz CT molecular complexity index is 1170. The van der Waals surface area contributed by atoms with Crippen LogP contribution >= 0.6 is 0 Å². The number of aromatic hydroxyl groups is 1. The van der Waals surface area contributed by atoms with Crippen molar-refractivity contribution in [2.45, 2.75) is 0 Å². The minimum absolute atomic E-state index is 0.0131. The number of nitrogens with zero attached hydrogens (tertiary/aromatic N) is 3. The third-order valence-electron chi connectivity index (χ3n) is 4.24. The van der Waals surface area contributed by atoms with E-state index in [0.29, 0.717) is 34.6 Å². The molecule has 3 aromatic heterocycles. The smallest absolute Gasteiger partial charge is 0.165 e. The van der Waals surface area contributed by atoms with E-state index in [1.165, 1.54) is 30.5 Å². The zero-order chi connectivity index (χ0) is 19.7. The molecule has 0 radical (unpaired) electrons. The number of aromatic amines is 1. The maximum atomic E-state index is 13.7. The number of aldehydes is 1. The highest BCUT2D eigenvalue weighted by Crippen LogP contribution is 2.34. The molecule has 0 aliphatic rings. The number of rotatable bonds is 4. The molecule has 0 aliphatic heterocycles. The first-order chi connectivity index (χ1) is 13.6. The first kappa shape index (κ1) is 17.3. The number of nitrogens with two attached hydrogens (primary N) is 1. The first-order valence-corrected chi connectivity index (χ1v) is 8.27. The predicted octanol–water partition coefficient (Wildman–Crippen LogP) is 3.44. The van der Waals surface area contributed by atoms with Crippen LogP contribution in [0.4, 0.5) is 10.2 Å². The van der Waals surface area contributed by atoms with Crippen LogP contribution in [0.25, 0.3) is 33.9 Å². The fourth-order valence-electron chi connectivity index (χ4n) is 2.82. The number of carbonyl (C=O) groups excluding carboxylic acids is 1. The maximum absolute atomic E-state index is 13.7. The van der Waals surface area contributed by atoms with Gasteiger partial charge in [0.25, 0.3) is 0 Å². The van der Waals surface area contributed by atoms with E-state index in [-0.39, 0.29) is 17.1 Å². The topological polar surface area (TPSA) is 118 Å². The minimum atomic E-state index is -0.604. The lowest BCUT2D eigenvalue weighted by Crippen LogP contribution is -1.92. The molecule has 0 saturated carbocycles. The molecular formula is C20H14FN5O2. The molecule has 0 aliphatic carbocycles. The second kappa shape index (κ2) is 6.92. The van der Waals surface area contributed by atoms with Gasteiger partial charge in [-0.3, -0.25) is 9.78 Å². The Morgan fingerprint density at radius 2 is 1.86 bits per heavy atom. The van der Waals surface area contributed by atoms with Gasteiger partial charge in [-0.15, -0.1) is 0 Å². The molecule has 4 rings (SSSR count). The van der Waals surface area contributed by atoms with Gasteiger partial charge in [-0.25, -0.2) is 14.4 Å². The van der Waals surface area contributed by atoms with Crippen LogP contribution in [-0.4, -0.2) is 31.3 Å². The lowest BCUT2D eigenvalue weighted by Gasteiger charge is -2.04. The largest absolute Gasteiger partial charge is 0.504 e. The number of hydrogen-bond donors (Lipinski definition) is 3. The number of hydrogen-bond acceptors (Lipinski definition) is 6. The standard InChI is InChI=1S/C20H14FN5O2/c21-15-2-1-12(7-14(15)10-27)20-25-17(11-3-5-23-6-4-11)18(26-20)13-8-16(28)19(22)24-9-13/h1-10,28H,(H2,22,24)(H,25,26). The highest BCUT2D eigenvalue weighted by Gasteiger charge is 2.17. The van der Waals surface area contributed by atoms with E-state index in [9.17, 15) is 14.3 Å². The summed E-state index contributed by atoms with van der Waals surface area (Å²) < 4.78 is 13.7. The molecule has 0 amide bonds. The van der Waals surface area contributed by atoms with Crippen molar-refractivity contribution >= 4 is 12.1 Å². The molecule has 0 saturated heterocycles. The van der Waals surface area contributed by atoms with Gasteiger partial charge >= 0.3 is 0 Å². The van der Waals surface area contributed by atoms with Crippen molar-refractivity contribution in [2.24, 2.45) is 0 Å². The van der Waals surface area contributed by atoms with Gasteiger partial charge in [0.1, 0.15) is 11.6 Å². The molecule has 0 unspecified atom stereocenters. The number of halogens is 1. The van der Waals surface area contributed by atoms with Gasteiger partial charge in [0, 0.05) is 35.3 Å². The van der Waals surface area contributed by atoms with Crippen molar-refractivity contribution in [3.63, 3.8) is 0 Å². The number of pyridine rings is 2. The summed E-state index contributed by atoms with van der Waals surface area (Å²) >= 11 is 0. The van der Waals surface area contributed by atoms with Crippen LogP contribution in [0.1, 0.15) is 10.4 Å². The molecule has 0 bridgehead atoms. The van der Waals surface area contributed by atoms with Crippen molar-refractivity contribution in [1.29, 1.82) is 0 Å². The average molecular weight is 375 g/mol. The molecule has 7 nitrogen and oxygen atoms in total. The second-order valence-corrected chi connectivity index (χ2v) is 6.03. The van der Waals surface area contributed by atoms with E-state index in [0.717, 1.165) is 5.56 Å². The van der Waals surface area contributed by atoms with Crippen LogP contribution in [0.2, 0.25) is 0 Å². The number of imidazole rings is 1. The third kappa shape index (κ3) is 3.07. The van der Waals surface area contributed by atoms with E-state index < -0.39 is 5.82 Å². The summed E-state index contributed by atoms with van der Waals surface area (Å²) in [4.78, 5) is 26.9. The Hall–Kier alpha value is -4.07. The first-order valence-electron chi connectivity index (χ1n) is 8.27. The Morgan fingerprint density at radius 1 is 1.07 bits per heavy atom. The number of aromatic nitrogens is 4. The SMILES string of the molecule is Nc1ncc(-c2nc(-c3ccc(F)c(C=O)c3)[nH]c2-c2ccncc2)cc1O. The number of anilines is 1. The van der Waals surface area contributed by atoms with Gasteiger partial charge in [0.05, 0.1) is 17.0 Å². The highest BCUT2D eigenvalue weighted by atomic mass is 19.1. The number of H-pyrrole nitrogens is 1. The quantitative estimate of drug-likeness (QED) is 0.470. The van der Waals surface area contributed by atoms with Crippen LogP contribution in [0, 0.1) is 5.82 Å². The van der Waals surface area contributed by atoms with Crippen molar-refractivity contribution in [1.82, 2.24) is 19.9 Å². The third-order valence-corrected chi connectivity index (χ3v) is 4.24. The van der Waals surface area contributed by atoms with Crippen LogP contribution in [0.15, 0.2) is 55.0 Å². The van der Waals surface area contributed by atoms with Gasteiger partial charge in [-0.05, 0) is 36.4 Å². The van der Waals surface area contributed by atoms with Crippen LogP contribution < -0.4 is 5.73 Å². The Labute approximate surface area is 158 Å². The van der Waals surface area contributed by atoms with Crippen molar-refractivity contribution in [2.75, 3.05) is 5.73 Å². The summed E-state index contributed by atoms with van der Waals surface area (Å²) in [6, 6.07) is 9.22. The maximum Gasteiger partial charge on any atom is 0.165 e. The predicted molar refractivity (Wildman–Crippen MR) is 102 cm³/mol. The molecule has 1 aromatic carbocycles. The molecule has 0 spiro atoms. The van der Waals surface area contributed by atoms with Crippen molar-refractivity contribution < 1.29 is 14.3 Å². The van der Waals surface area contributed by atoms with Crippen molar-refractivity contribution in [3.05, 3.63) is 66.4 Å². The molecular weight excluding hydrogens is 361 g/mol. The van der Waals surface area contributed by atoms with Crippen LogP contribution in [0.3, 0.4) is 0 Å². The monoisotopic (exact) mass is 375 g/mol. The second-order valence-electron chi connectivity index (χ2n) is 6.03. The fourth-order valence-corrected chi connectivity index (χ4v) is 2.82. The molecule has 138 valence electrons. The minimum Gasteiger partial charge on any atom is -0.504 e. The normalized spacial score (nSPS) is 10.8. The summed E-state index contributed by atoms with van der Waals surface area (Å²) in [5.74, 6) is -0.319. The van der Waals surface area contributed by atoms with Crippen LogP contribution in [-0.2, 0) is 0 Å². The summed E-state index contributed by atoms with van der Waals surface area (Å²) in [5.41, 5.74) is 8.58. The number of nitrogens with one attached hydrogen (secondary N) is 1. The van der Waals surface area contributed by atoms with Gasteiger partial charge in [-0.2, -0.15) is 0 Å². The van der Waals surface area contributed by atoms with E-state index in [4.69, 9.17) is 5.73 Å². The molecule has 3 heterocycles. The zero-order valence-electron chi connectivity index (χ0n) is 14.4. The van der Waals surface area contributed by atoms with Gasteiger partial charge < -0.3 is 15.8 Å². The molecule has 0 fully saturated rings. The van der Waals surface area contributed by atoms with E-state index in [2.05, 4.69) is 19.9 Å². The molecule has 4 aromatic rings. The van der Waals surface area contributed by atoms with E-state index in [1.807, 2.05) is 0 Å². The molecule has 8 heteroatoms. The van der Waals surface area contributed by atoms with E-state index in [1.54, 1.807) is 24.5 Å². The summed E-state index contributed by atoms with van der Waals surface area (Å²) in [6.07, 6.45) is 5.23. The molecule has 4 N–H and O–H groups in total. The van der Waals surface area contributed by atoms with Gasteiger partial charge in [0.15, 0.2) is 17.9 Å². The van der Waals surface area contributed by atoms with Crippen molar-refractivity contribution in [3.8, 4) is 39.7 Å². The van der Waals surface area contributed by atoms with Gasteiger partial charge in [0.2, 0.25) is 0 Å². The van der Waals surface area contributed by atoms with Crippen LogP contribution in [0.5, 0.6) is 5.75 Å². The molecule has 28 heavy (non-hydrogen) atoms. The number of benzene rings is 1.